The molecule has 0 unspecified atom stereocenters. The molecule has 0 aliphatic carbocycles. The van der Waals surface area contributed by atoms with E-state index in [1.807, 2.05) is 43.3 Å². The number of methoxy groups -OCH3 is 1. The minimum Gasteiger partial charge on any atom is -0.481 e. The predicted octanol–water partition coefficient (Wildman–Crippen LogP) is 2.97. The second-order valence-corrected chi connectivity index (χ2v) is 4.74. The van der Waals surface area contributed by atoms with Gasteiger partial charge in [-0.3, -0.25) is 4.79 Å². The normalized spacial score (nSPS) is 10.0. The molecule has 1 aromatic carbocycles. The van der Waals surface area contributed by atoms with E-state index in [0.29, 0.717) is 12.4 Å². The molecule has 0 fully saturated rings. The van der Waals surface area contributed by atoms with Gasteiger partial charge >= 0.3 is 0 Å². The first-order chi connectivity index (χ1) is 10.1. The SMILES string of the molecule is COc1cccc(CNc2cc(NC(C)=O)ccc2C)n1. The second kappa shape index (κ2) is 6.74. The maximum absolute atomic E-state index is 11.1. The zero-order valence-electron chi connectivity index (χ0n) is 12.4. The molecular weight excluding hydrogens is 266 g/mol. The number of anilines is 2. The van der Waals surface area contributed by atoms with Crippen molar-refractivity contribution in [3.05, 3.63) is 47.7 Å². The zero-order valence-corrected chi connectivity index (χ0v) is 12.4. The third kappa shape index (κ3) is 4.21. The van der Waals surface area contributed by atoms with E-state index >= 15 is 0 Å². The molecule has 2 aromatic rings. The van der Waals surface area contributed by atoms with Gasteiger partial charge in [-0.2, -0.15) is 0 Å². The van der Waals surface area contributed by atoms with Gasteiger partial charge in [-0.1, -0.05) is 12.1 Å². The molecule has 0 atom stereocenters. The lowest BCUT2D eigenvalue weighted by Gasteiger charge is -2.12. The van der Waals surface area contributed by atoms with Gasteiger partial charge in [0, 0.05) is 24.4 Å². The molecule has 1 heterocycles. The second-order valence-electron chi connectivity index (χ2n) is 4.74. The average Bonchev–Trinajstić information content (AvgIpc) is 2.47. The summed E-state index contributed by atoms with van der Waals surface area (Å²) in [4.78, 5) is 15.5. The van der Waals surface area contributed by atoms with E-state index in [0.717, 1.165) is 22.6 Å². The zero-order chi connectivity index (χ0) is 15.2. The van der Waals surface area contributed by atoms with Gasteiger partial charge in [0.15, 0.2) is 0 Å². The summed E-state index contributed by atoms with van der Waals surface area (Å²) >= 11 is 0. The fourth-order valence-electron chi connectivity index (χ4n) is 1.95. The minimum absolute atomic E-state index is 0.0840. The van der Waals surface area contributed by atoms with E-state index in [1.54, 1.807) is 7.11 Å². The molecule has 0 aliphatic heterocycles. The predicted molar refractivity (Wildman–Crippen MR) is 83.6 cm³/mol. The largest absolute Gasteiger partial charge is 0.481 e. The van der Waals surface area contributed by atoms with E-state index in [2.05, 4.69) is 15.6 Å². The summed E-state index contributed by atoms with van der Waals surface area (Å²) in [6.07, 6.45) is 0. The molecule has 2 rings (SSSR count). The highest BCUT2D eigenvalue weighted by Gasteiger charge is 2.03. The lowest BCUT2D eigenvalue weighted by molar-refractivity contribution is -0.114. The van der Waals surface area contributed by atoms with Crippen molar-refractivity contribution in [1.82, 2.24) is 4.98 Å². The molecule has 0 aliphatic rings. The summed E-state index contributed by atoms with van der Waals surface area (Å²) in [5, 5.41) is 6.10. The Morgan fingerprint density at radius 1 is 1.29 bits per heavy atom. The Kier molecular flexibility index (Phi) is 4.77. The highest BCUT2D eigenvalue weighted by Crippen LogP contribution is 2.21. The van der Waals surface area contributed by atoms with E-state index in [4.69, 9.17) is 4.74 Å². The number of aryl methyl sites for hydroxylation is 1. The fraction of sp³-hybridized carbons (Fsp3) is 0.250. The van der Waals surface area contributed by atoms with E-state index < -0.39 is 0 Å². The quantitative estimate of drug-likeness (QED) is 0.886. The number of carbonyl (C=O) groups is 1. The molecule has 0 radical (unpaired) electrons. The van der Waals surface area contributed by atoms with Crippen LogP contribution in [0.3, 0.4) is 0 Å². The lowest BCUT2D eigenvalue weighted by Crippen LogP contribution is -2.07. The Balaban J connectivity index is 2.09. The number of nitrogens with one attached hydrogen (secondary N) is 2. The van der Waals surface area contributed by atoms with Crippen LogP contribution in [0.2, 0.25) is 0 Å². The Morgan fingerprint density at radius 3 is 2.81 bits per heavy atom. The highest BCUT2D eigenvalue weighted by atomic mass is 16.5. The number of aromatic nitrogens is 1. The summed E-state index contributed by atoms with van der Waals surface area (Å²) in [7, 11) is 1.60. The van der Waals surface area contributed by atoms with Gasteiger partial charge in [0.05, 0.1) is 19.3 Å². The van der Waals surface area contributed by atoms with Gasteiger partial charge in [0.2, 0.25) is 11.8 Å². The molecule has 5 nitrogen and oxygen atoms in total. The van der Waals surface area contributed by atoms with Crippen molar-refractivity contribution in [2.75, 3.05) is 17.7 Å². The third-order valence-corrected chi connectivity index (χ3v) is 3.01. The molecule has 5 heteroatoms. The molecule has 110 valence electrons. The number of carbonyl (C=O) groups excluding carboxylic acids is 1. The number of rotatable bonds is 5. The number of nitrogens with zero attached hydrogens (tertiary/aromatic N) is 1. The summed E-state index contributed by atoms with van der Waals surface area (Å²) < 4.78 is 5.11. The van der Waals surface area contributed by atoms with Crippen LogP contribution in [0.25, 0.3) is 0 Å². The molecule has 0 bridgehead atoms. The Morgan fingerprint density at radius 2 is 2.10 bits per heavy atom. The Bertz CT molecular complexity index is 641. The van der Waals surface area contributed by atoms with Gasteiger partial charge in [0.1, 0.15) is 0 Å². The van der Waals surface area contributed by atoms with Crippen molar-refractivity contribution in [3.8, 4) is 5.88 Å². The first-order valence-electron chi connectivity index (χ1n) is 6.70. The Labute approximate surface area is 124 Å². The van der Waals surface area contributed by atoms with Crippen molar-refractivity contribution in [2.24, 2.45) is 0 Å². The van der Waals surface area contributed by atoms with Crippen LogP contribution in [0.5, 0.6) is 5.88 Å². The standard InChI is InChI=1S/C16H19N3O2/c1-11-7-8-13(18-12(2)20)9-15(11)17-10-14-5-4-6-16(19-14)21-3/h4-9,17H,10H2,1-3H3,(H,18,20). The van der Waals surface area contributed by atoms with Crippen LogP contribution in [0.15, 0.2) is 36.4 Å². The number of hydrogen-bond donors (Lipinski definition) is 2. The first kappa shape index (κ1) is 14.8. The smallest absolute Gasteiger partial charge is 0.221 e. The van der Waals surface area contributed by atoms with Crippen molar-refractivity contribution >= 4 is 17.3 Å². The summed E-state index contributed by atoms with van der Waals surface area (Å²) in [5.74, 6) is 0.511. The number of hydrogen-bond acceptors (Lipinski definition) is 4. The molecule has 1 amide bonds. The topological polar surface area (TPSA) is 63.2 Å². The van der Waals surface area contributed by atoms with E-state index in [-0.39, 0.29) is 5.91 Å². The van der Waals surface area contributed by atoms with Crippen LogP contribution in [0, 0.1) is 6.92 Å². The number of benzene rings is 1. The van der Waals surface area contributed by atoms with Crippen LogP contribution < -0.4 is 15.4 Å². The van der Waals surface area contributed by atoms with Gasteiger partial charge < -0.3 is 15.4 Å². The molecule has 2 N–H and O–H groups in total. The molecule has 0 spiro atoms. The van der Waals surface area contributed by atoms with Crippen molar-refractivity contribution < 1.29 is 9.53 Å². The molecule has 0 saturated heterocycles. The van der Waals surface area contributed by atoms with Gasteiger partial charge in [-0.05, 0) is 30.7 Å². The highest BCUT2D eigenvalue weighted by molar-refractivity contribution is 5.89. The van der Waals surface area contributed by atoms with Gasteiger partial charge in [-0.25, -0.2) is 4.98 Å². The van der Waals surface area contributed by atoms with Crippen LogP contribution in [-0.4, -0.2) is 18.0 Å². The maximum atomic E-state index is 11.1. The molecule has 1 aromatic heterocycles. The Hall–Kier alpha value is -2.56. The van der Waals surface area contributed by atoms with Crippen molar-refractivity contribution in [2.45, 2.75) is 20.4 Å². The van der Waals surface area contributed by atoms with Crippen LogP contribution in [0.4, 0.5) is 11.4 Å². The van der Waals surface area contributed by atoms with E-state index in [9.17, 15) is 4.79 Å². The number of amides is 1. The first-order valence-corrected chi connectivity index (χ1v) is 6.70. The maximum Gasteiger partial charge on any atom is 0.221 e. The summed E-state index contributed by atoms with van der Waals surface area (Å²) in [6.45, 7) is 4.09. The molecule has 21 heavy (non-hydrogen) atoms. The third-order valence-electron chi connectivity index (χ3n) is 3.01. The van der Waals surface area contributed by atoms with Gasteiger partial charge in [0.25, 0.3) is 0 Å². The summed E-state index contributed by atoms with van der Waals surface area (Å²) in [6, 6.07) is 11.4. The van der Waals surface area contributed by atoms with Crippen molar-refractivity contribution in [1.29, 1.82) is 0 Å². The fourth-order valence-corrected chi connectivity index (χ4v) is 1.95. The average molecular weight is 285 g/mol. The minimum atomic E-state index is -0.0840. The number of ether oxygens (including phenoxy) is 1. The van der Waals surface area contributed by atoms with Crippen LogP contribution in [-0.2, 0) is 11.3 Å². The monoisotopic (exact) mass is 285 g/mol. The number of pyridine rings is 1. The lowest BCUT2D eigenvalue weighted by atomic mass is 10.1. The molecule has 0 saturated carbocycles. The van der Waals surface area contributed by atoms with Crippen LogP contribution >= 0.6 is 0 Å². The summed E-state index contributed by atoms with van der Waals surface area (Å²) in [5.41, 5.74) is 3.73. The van der Waals surface area contributed by atoms with Gasteiger partial charge in [-0.15, -0.1) is 0 Å². The van der Waals surface area contributed by atoms with Crippen molar-refractivity contribution in [3.63, 3.8) is 0 Å². The van der Waals surface area contributed by atoms with E-state index in [1.165, 1.54) is 6.92 Å². The van der Waals surface area contributed by atoms with Crippen LogP contribution in [0.1, 0.15) is 18.2 Å². The molecular formula is C16H19N3O2.